The molecule has 0 aromatic heterocycles. The Bertz CT molecular complexity index is 1150. The van der Waals surface area contributed by atoms with Gasteiger partial charge in [0, 0.05) is 0 Å². The number of ether oxygens (including phenoxy) is 3. The predicted octanol–water partition coefficient (Wildman–Crippen LogP) is 5.27. The van der Waals surface area contributed by atoms with Crippen LogP contribution in [-0.2, 0) is 4.74 Å². The van der Waals surface area contributed by atoms with Crippen molar-refractivity contribution in [2.75, 3.05) is 19.8 Å². The van der Waals surface area contributed by atoms with Gasteiger partial charge in [0.1, 0.15) is 35.7 Å². The molecule has 154 valence electrons. The first-order valence-corrected chi connectivity index (χ1v) is 9.89. The number of hydrogen-bond acceptors (Lipinski definition) is 5. The molecule has 0 radical (unpaired) electrons. The largest absolute Gasteiger partial charge is 0.508 e. The standard InChI is InChI=1S/C25H24O5/c1-17(30-25-9-5-19-13-23(27)7-3-21(19)15-25)16-28-10-11-29-24-8-4-18-12-22(26)6-2-20(18)14-24/h2-9,12-15,17,26-27H,10-11,16H2,1H3. The highest BCUT2D eigenvalue weighted by molar-refractivity contribution is 5.85. The van der Waals surface area contributed by atoms with Crippen molar-refractivity contribution < 1.29 is 24.4 Å². The van der Waals surface area contributed by atoms with Gasteiger partial charge in [0.25, 0.3) is 0 Å². The second-order valence-electron chi connectivity index (χ2n) is 7.24. The molecule has 0 aliphatic rings. The number of hydrogen-bond donors (Lipinski definition) is 2. The Morgan fingerprint density at radius 1 is 0.667 bits per heavy atom. The van der Waals surface area contributed by atoms with Crippen LogP contribution in [0.3, 0.4) is 0 Å². The van der Waals surface area contributed by atoms with Crippen LogP contribution < -0.4 is 9.47 Å². The number of phenols is 2. The summed E-state index contributed by atoms with van der Waals surface area (Å²) in [5.74, 6) is 2.04. The molecule has 30 heavy (non-hydrogen) atoms. The van der Waals surface area contributed by atoms with Crippen LogP contribution in [0.25, 0.3) is 21.5 Å². The van der Waals surface area contributed by atoms with Gasteiger partial charge in [-0.15, -0.1) is 0 Å². The third-order valence-corrected chi connectivity index (χ3v) is 4.78. The number of rotatable bonds is 8. The Kier molecular flexibility index (Phi) is 5.91. The topological polar surface area (TPSA) is 68.2 Å². The molecule has 1 atom stereocenters. The molecule has 0 saturated carbocycles. The summed E-state index contributed by atoms with van der Waals surface area (Å²) in [6.07, 6.45) is -0.104. The number of aromatic hydroxyl groups is 2. The lowest BCUT2D eigenvalue weighted by Crippen LogP contribution is -2.21. The zero-order valence-electron chi connectivity index (χ0n) is 16.7. The SMILES string of the molecule is CC(COCCOc1ccc2cc(O)ccc2c1)Oc1ccc2cc(O)ccc2c1. The van der Waals surface area contributed by atoms with E-state index in [0.29, 0.717) is 19.8 Å². The Labute approximate surface area is 175 Å². The van der Waals surface area contributed by atoms with Gasteiger partial charge in [0.05, 0.1) is 13.2 Å². The van der Waals surface area contributed by atoms with E-state index in [0.717, 1.165) is 33.0 Å². The smallest absolute Gasteiger partial charge is 0.120 e. The normalized spacial score (nSPS) is 12.2. The van der Waals surface area contributed by atoms with Crippen LogP contribution in [0.4, 0.5) is 0 Å². The van der Waals surface area contributed by atoms with Crippen LogP contribution in [0.1, 0.15) is 6.92 Å². The minimum atomic E-state index is -0.104. The van der Waals surface area contributed by atoms with Crippen molar-refractivity contribution in [1.29, 1.82) is 0 Å². The fourth-order valence-corrected chi connectivity index (χ4v) is 3.32. The molecule has 0 bridgehead atoms. The molecule has 5 nitrogen and oxygen atoms in total. The monoisotopic (exact) mass is 404 g/mol. The van der Waals surface area contributed by atoms with Crippen LogP contribution in [0.15, 0.2) is 72.8 Å². The molecule has 0 amide bonds. The predicted molar refractivity (Wildman–Crippen MR) is 118 cm³/mol. The van der Waals surface area contributed by atoms with Crippen molar-refractivity contribution in [3.63, 3.8) is 0 Å². The average Bonchev–Trinajstić information content (AvgIpc) is 2.73. The van der Waals surface area contributed by atoms with Crippen molar-refractivity contribution >= 4 is 21.5 Å². The maximum Gasteiger partial charge on any atom is 0.120 e. The van der Waals surface area contributed by atoms with Crippen LogP contribution in [0, 0.1) is 0 Å². The minimum absolute atomic E-state index is 0.104. The van der Waals surface area contributed by atoms with Crippen molar-refractivity contribution in [2.24, 2.45) is 0 Å². The van der Waals surface area contributed by atoms with Gasteiger partial charge >= 0.3 is 0 Å². The fraction of sp³-hybridized carbons (Fsp3) is 0.200. The lowest BCUT2D eigenvalue weighted by molar-refractivity contribution is 0.0432. The highest BCUT2D eigenvalue weighted by atomic mass is 16.5. The molecular formula is C25H24O5. The Balaban J connectivity index is 1.22. The van der Waals surface area contributed by atoms with E-state index in [-0.39, 0.29) is 17.6 Å². The van der Waals surface area contributed by atoms with E-state index in [1.54, 1.807) is 24.3 Å². The molecule has 2 N–H and O–H groups in total. The summed E-state index contributed by atoms with van der Waals surface area (Å²) >= 11 is 0. The first-order valence-electron chi connectivity index (χ1n) is 9.89. The van der Waals surface area contributed by atoms with Gasteiger partial charge in [-0.05, 0) is 77.0 Å². The summed E-state index contributed by atoms with van der Waals surface area (Å²) in [6.45, 7) is 3.31. The van der Waals surface area contributed by atoms with Gasteiger partial charge in [0.2, 0.25) is 0 Å². The summed E-state index contributed by atoms with van der Waals surface area (Å²) in [6, 6.07) is 22.0. The van der Waals surface area contributed by atoms with E-state index in [4.69, 9.17) is 14.2 Å². The lowest BCUT2D eigenvalue weighted by atomic mass is 10.1. The van der Waals surface area contributed by atoms with Crippen molar-refractivity contribution in [1.82, 2.24) is 0 Å². The van der Waals surface area contributed by atoms with Crippen LogP contribution in [0.2, 0.25) is 0 Å². The van der Waals surface area contributed by atoms with Crippen LogP contribution in [0.5, 0.6) is 23.0 Å². The molecule has 0 aliphatic heterocycles. The number of phenolic OH excluding ortho intramolecular Hbond substituents is 2. The quantitative estimate of drug-likeness (QED) is 0.392. The molecule has 0 fully saturated rings. The summed E-state index contributed by atoms with van der Waals surface area (Å²) in [7, 11) is 0. The van der Waals surface area contributed by atoms with Gasteiger partial charge < -0.3 is 24.4 Å². The van der Waals surface area contributed by atoms with Crippen LogP contribution >= 0.6 is 0 Å². The molecule has 0 saturated heterocycles. The third-order valence-electron chi connectivity index (χ3n) is 4.78. The molecule has 1 unspecified atom stereocenters. The van der Waals surface area contributed by atoms with E-state index < -0.39 is 0 Å². The zero-order chi connectivity index (χ0) is 20.9. The van der Waals surface area contributed by atoms with E-state index in [9.17, 15) is 10.2 Å². The van der Waals surface area contributed by atoms with Gasteiger partial charge in [-0.3, -0.25) is 0 Å². The molecule has 5 heteroatoms. The van der Waals surface area contributed by atoms with E-state index in [2.05, 4.69) is 0 Å². The van der Waals surface area contributed by atoms with Crippen molar-refractivity contribution in [2.45, 2.75) is 13.0 Å². The number of fused-ring (bicyclic) bond motifs is 2. The fourth-order valence-electron chi connectivity index (χ4n) is 3.32. The Morgan fingerprint density at radius 2 is 1.20 bits per heavy atom. The summed E-state index contributed by atoms with van der Waals surface area (Å²) in [4.78, 5) is 0. The minimum Gasteiger partial charge on any atom is -0.508 e. The average molecular weight is 404 g/mol. The number of benzene rings is 4. The molecular weight excluding hydrogens is 380 g/mol. The first-order chi connectivity index (χ1) is 14.6. The van der Waals surface area contributed by atoms with Gasteiger partial charge in [-0.2, -0.15) is 0 Å². The summed E-state index contributed by atoms with van der Waals surface area (Å²) < 4.78 is 17.4. The van der Waals surface area contributed by atoms with Crippen molar-refractivity contribution in [3.8, 4) is 23.0 Å². The Morgan fingerprint density at radius 3 is 1.87 bits per heavy atom. The first kappa shape index (κ1) is 19.9. The molecule has 4 aromatic carbocycles. The zero-order valence-corrected chi connectivity index (χ0v) is 16.7. The lowest BCUT2D eigenvalue weighted by Gasteiger charge is -2.16. The summed E-state index contributed by atoms with van der Waals surface area (Å²) in [5.41, 5.74) is 0. The van der Waals surface area contributed by atoms with Gasteiger partial charge in [-0.1, -0.05) is 24.3 Å². The van der Waals surface area contributed by atoms with Crippen molar-refractivity contribution in [3.05, 3.63) is 72.8 Å². The molecule has 4 rings (SSSR count). The summed E-state index contributed by atoms with van der Waals surface area (Å²) in [5, 5.41) is 23.0. The second kappa shape index (κ2) is 8.93. The molecule has 0 spiro atoms. The highest BCUT2D eigenvalue weighted by Gasteiger charge is 2.06. The highest BCUT2D eigenvalue weighted by Crippen LogP contribution is 2.25. The maximum absolute atomic E-state index is 9.55. The Hall–Kier alpha value is -3.44. The molecule has 4 aromatic rings. The van der Waals surface area contributed by atoms with Gasteiger partial charge in [-0.25, -0.2) is 0 Å². The molecule has 0 aliphatic carbocycles. The van der Waals surface area contributed by atoms with Crippen LogP contribution in [-0.4, -0.2) is 36.1 Å². The second-order valence-corrected chi connectivity index (χ2v) is 7.24. The van der Waals surface area contributed by atoms with E-state index in [1.165, 1.54) is 0 Å². The molecule has 0 heterocycles. The third kappa shape index (κ3) is 4.93. The maximum atomic E-state index is 9.55. The van der Waals surface area contributed by atoms with Gasteiger partial charge in [0.15, 0.2) is 0 Å². The van der Waals surface area contributed by atoms with E-state index >= 15 is 0 Å². The van der Waals surface area contributed by atoms with E-state index in [1.807, 2.05) is 55.5 Å².